The maximum Gasteiger partial charge on any atom is 0.257 e. The minimum atomic E-state index is -0.200. The Bertz CT molecular complexity index is 1210. The molecule has 0 aliphatic heterocycles. The Kier molecular flexibility index (Phi) is 5.03. The lowest BCUT2D eigenvalue weighted by Crippen LogP contribution is -2.16. The molecule has 2 heterocycles. The molecule has 0 saturated heterocycles. The molecule has 0 radical (unpaired) electrons. The Morgan fingerprint density at radius 3 is 2.38 bits per heavy atom. The average molecular weight is 402 g/mol. The molecule has 0 spiro atoms. The van der Waals surface area contributed by atoms with Crippen molar-refractivity contribution in [1.82, 2.24) is 9.97 Å². The summed E-state index contributed by atoms with van der Waals surface area (Å²) >= 11 is 6.04. The van der Waals surface area contributed by atoms with Crippen molar-refractivity contribution < 1.29 is 4.79 Å². The van der Waals surface area contributed by atoms with Gasteiger partial charge in [-0.3, -0.25) is 4.79 Å². The molecular weight excluding hydrogens is 382 g/mol. The quantitative estimate of drug-likeness (QED) is 0.449. The van der Waals surface area contributed by atoms with Gasteiger partial charge in [-0.05, 0) is 62.2 Å². The van der Waals surface area contributed by atoms with Gasteiger partial charge < -0.3 is 5.32 Å². The van der Waals surface area contributed by atoms with Crippen molar-refractivity contribution >= 4 is 34.2 Å². The molecule has 1 amide bonds. The maximum absolute atomic E-state index is 13.3. The highest BCUT2D eigenvalue weighted by atomic mass is 35.5. The number of amides is 1. The maximum atomic E-state index is 13.3. The second-order valence-electron chi connectivity index (χ2n) is 7.11. The number of hydrogen-bond acceptors (Lipinski definition) is 3. The Morgan fingerprint density at radius 2 is 1.66 bits per heavy atom. The number of carbonyl (C=O) groups is 1. The van der Waals surface area contributed by atoms with Crippen molar-refractivity contribution in [3.63, 3.8) is 0 Å². The van der Waals surface area contributed by atoms with Crippen LogP contribution in [-0.4, -0.2) is 15.9 Å². The first-order valence-corrected chi connectivity index (χ1v) is 9.72. The van der Waals surface area contributed by atoms with E-state index >= 15 is 0 Å². The fraction of sp³-hybridized carbons (Fsp3) is 0.125. The predicted molar refractivity (Wildman–Crippen MR) is 119 cm³/mol. The van der Waals surface area contributed by atoms with E-state index in [0.717, 1.165) is 39.0 Å². The van der Waals surface area contributed by atoms with Crippen LogP contribution in [0.15, 0.2) is 60.7 Å². The van der Waals surface area contributed by atoms with Gasteiger partial charge in [0.1, 0.15) is 5.82 Å². The van der Waals surface area contributed by atoms with Gasteiger partial charge in [0.15, 0.2) is 0 Å². The fourth-order valence-electron chi connectivity index (χ4n) is 3.57. The fourth-order valence-corrected chi connectivity index (χ4v) is 3.70. The molecule has 0 bridgehead atoms. The van der Waals surface area contributed by atoms with Crippen LogP contribution in [-0.2, 0) is 0 Å². The number of fused-ring (bicyclic) bond motifs is 1. The number of aryl methyl sites for hydroxylation is 2. The average Bonchev–Trinajstić information content (AvgIpc) is 2.67. The van der Waals surface area contributed by atoms with E-state index in [0.29, 0.717) is 16.4 Å². The third-order valence-electron chi connectivity index (χ3n) is 4.82. The van der Waals surface area contributed by atoms with E-state index in [2.05, 4.69) is 10.3 Å². The van der Waals surface area contributed by atoms with Crippen LogP contribution in [0.1, 0.15) is 27.2 Å². The summed E-state index contributed by atoms with van der Waals surface area (Å²) in [7, 11) is 0. The lowest BCUT2D eigenvalue weighted by molar-refractivity contribution is 0.102. The first kappa shape index (κ1) is 19.1. The number of nitrogens with zero attached hydrogens (tertiary/aromatic N) is 2. The van der Waals surface area contributed by atoms with Gasteiger partial charge in [0.05, 0.1) is 16.8 Å². The summed E-state index contributed by atoms with van der Waals surface area (Å²) in [6.07, 6.45) is 0. The van der Waals surface area contributed by atoms with E-state index in [9.17, 15) is 4.79 Å². The normalized spacial score (nSPS) is 10.9. The van der Waals surface area contributed by atoms with Crippen LogP contribution in [0.25, 0.3) is 22.2 Å². The first-order chi connectivity index (χ1) is 13.9. The second-order valence-corrected chi connectivity index (χ2v) is 7.55. The topological polar surface area (TPSA) is 54.9 Å². The van der Waals surface area contributed by atoms with Gasteiger partial charge in [-0.2, -0.15) is 0 Å². The Hall–Kier alpha value is -3.24. The Balaban J connectivity index is 1.87. The van der Waals surface area contributed by atoms with E-state index in [1.165, 1.54) is 0 Å². The number of carbonyl (C=O) groups excluding carboxylic acids is 1. The largest absolute Gasteiger partial charge is 0.307 e. The zero-order valence-electron chi connectivity index (χ0n) is 16.5. The summed E-state index contributed by atoms with van der Waals surface area (Å²) in [6.45, 7) is 5.82. The molecule has 0 aliphatic rings. The smallest absolute Gasteiger partial charge is 0.257 e. The SMILES string of the molecule is Cc1cc(C)nc(NC(=O)c2c(C)c(-c3ccc(Cl)cc3)nc3ccccc23)c1. The standard InChI is InChI=1S/C24H20ClN3O/c1-14-12-15(2)26-21(13-14)28-24(29)22-16(3)23(17-8-10-18(25)11-9-17)27-20-7-5-4-6-19(20)22/h4-13H,1-3H3,(H,26,28,29). The summed E-state index contributed by atoms with van der Waals surface area (Å²) in [6, 6.07) is 19.0. The lowest BCUT2D eigenvalue weighted by Gasteiger charge is -2.15. The Morgan fingerprint density at radius 1 is 0.931 bits per heavy atom. The molecular formula is C24H20ClN3O. The van der Waals surface area contributed by atoms with Gasteiger partial charge in [0.2, 0.25) is 0 Å². The minimum Gasteiger partial charge on any atom is -0.307 e. The highest BCUT2D eigenvalue weighted by Gasteiger charge is 2.19. The molecule has 1 N–H and O–H groups in total. The number of rotatable bonds is 3. The number of hydrogen-bond donors (Lipinski definition) is 1. The highest BCUT2D eigenvalue weighted by Crippen LogP contribution is 2.31. The summed E-state index contributed by atoms with van der Waals surface area (Å²) in [5.41, 5.74) is 5.76. The van der Waals surface area contributed by atoms with E-state index in [-0.39, 0.29) is 5.91 Å². The van der Waals surface area contributed by atoms with Gasteiger partial charge in [-0.25, -0.2) is 9.97 Å². The van der Waals surface area contributed by atoms with E-state index < -0.39 is 0 Å². The molecule has 2 aromatic carbocycles. The minimum absolute atomic E-state index is 0.200. The molecule has 5 heteroatoms. The molecule has 0 saturated carbocycles. The highest BCUT2D eigenvalue weighted by molar-refractivity contribution is 6.30. The molecule has 144 valence electrons. The molecule has 0 unspecified atom stereocenters. The van der Waals surface area contributed by atoms with Crippen molar-refractivity contribution in [2.75, 3.05) is 5.32 Å². The van der Waals surface area contributed by atoms with Crippen molar-refractivity contribution in [2.45, 2.75) is 20.8 Å². The van der Waals surface area contributed by atoms with Crippen LogP contribution >= 0.6 is 11.6 Å². The van der Waals surface area contributed by atoms with Crippen LogP contribution in [0.4, 0.5) is 5.82 Å². The van der Waals surface area contributed by atoms with E-state index in [4.69, 9.17) is 16.6 Å². The monoisotopic (exact) mass is 401 g/mol. The summed E-state index contributed by atoms with van der Waals surface area (Å²) in [4.78, 5) is 22.6. The molecule has 4 aromatic rings. The Labute approximate surface area is 174 Å². The number of pyridine rings is 2. The molecule has 2 aromatic heterocycles. The molecule has 0 aliphatic carbocycles. The number of anilines is 1. The number of benzene rings is 2. The lowest BCUT2D eigenvalue weighted by atomic mass is 9.97. The van der Waals surface area contributed by atoms with Gasteiger partial charge in [-0.15, -0.1) is 0 Å². The predicted octanol–water partition coefficient (Wildman–Crippen LogP) is 6.13. The molecule has 0 fully saturated rings. The summed E-state index contributed by atoms with van der Waals surface area (Å²) < 4.78 is 0. The van der Waals surface area contributed by atoms with Gasteiger partial charge in [0.25, 0.3) is 5.91 Å². The molecule has 29 heavy (non-hydrogen) atoms. The van der Waals surface area contributed by atoms with Gasteiger partial charge >= 0.3 is 0 Å². The number of halogens is 1. The van der Waals surface area contributed by atoms with E-state index in [1.807, 2.05) is 81.4 Å². The molecule has 4 rings (SSSR count). The third-order valence-corrected chi connectivity index (χ3v) is 5.07. The number of para-hydroxylation sites is 1. The summed E-state index contributed by atoms with van der Waals surface area (Å²) in [5.74, 6) is 0.342. The molecule has 0 atom stereocenters. The molecule has 4 nitrogen and oxygen atoms in total. The summed E-state index contributed by atoms with van der Waals surface area (Å²) in [5, 5.41) is 4.43. The van der Waals surface area contributed by atoms with Crippen LogP contribution in [0.2, 0.25) is 5.02 Å². The zero-order chi connectivity index (χ0) is 20.5. The van der Waals surface area contributed by atoms with Crippen molar-refractivity contribution in [2.24, 2.45) is 0 Å². The van der Waals surface area contributed by atoms with Crippen molar-refractivity contribution in [1.29, 1.82) is 0 Å². The van der Waals surface area contributed by atoms with Gasteiger partial charge in [-0.1, -0.05) is 41.9 Å². The number of nitrogens with one attached hydrogen (secondary N) is 1. The van der Waals surface area contributed by atoms with Gasteiger partial charge in [0, 0.05) is 21.7 Å². The van der Waals surface area contributed by atoms with Crippen LogP contribution < -0.4 is 5.32 Å². The first-order valence-electron chi connectivity index (χ1n) is 9.34. The van der Waals surface area contributed by atoms with Crippen LogP contribution in [0, 0.1) is 20.8 Å². The third kappa shape index (κ3) is 3.84. The second kappa shape index (κ2) is 7.64. The van der Waals surface area contributed by atoms with Crippen LogP contribution in [0.5, 0.6) is 0 Å². The van der Waals surface area contributed by atoms with Crippen molar-refractivity contribution in [3.05, 3.63) is 88.1 Å². The van der Waals surface area contributed by atoms with Crippen LogP contribution in [0.3, 0.4) is 0 Å². The van der Waals surface area contributed by atoms with Crippen molar-refractivity contribution in [3.8, 4) is 11.3 Å². The zero-order valence-corrected chi connectivity index (χ0v) is 17.2. The van der Waals surface area contributed by atoms with E-state index in [1.54, 1.807) is 0 Å². The number of aromatic nitrogens is 2.